The highest BCUT2D eigenvalue weighted by molar-refractivity contribution is 5.82. The summed E-state index contributed by atoms with van der Waals surface area (Å²) in [6.45, 7) is 1.66. The second-order valence-corrected chi connectivity index (χ2v) is 3.33. The normalized spacial score (nSPS) is 11.3. The molecule has 2 aromatic rings. The number of fused-ring (bicyclic) bond motifs is 1. The van der Waals surface area contributed by atoms with Gasteiger partial charge in [-0.3, -0.25) is 0 Å². The highest BCUT2D eigenvalue weighted by atomic mass is 19.3. The molecule has 0 saturated carbocycles. The summed E-state index contributed by atoms with van der Waals surface area (Å²) in [5.41, 5.74) is 0.730. The lowest BCUT2D eigenvalue weighted by Gasteiger charge is -2.05. The third kappa shape index (κ3) is 1.79. The van der Waals surface area contributed by atoms with Crippen LogP contribution in [0.1, 0.15) is 17.7 Å². The molecule has 1 aromatic heterocycles. The first-order valence-corrected chi connectivity index (χ1v) is 4.43. The molecule has 15 heavy (non-hydrogen) atoms. The number of aromatic nitrogens is 1. The SMILES string of the molecule is Cc1cc(C(F)F)nc2ccc(F)cc12. The summed E-state index contributed by atoms with van der Waals surface area (Å²) in [6, 6.07) is 5.20. The number of hydrogen-bond donors (Lipinski definition) is 0. The molecule has 78 valence electrons. The third-order valence-corrected chi connectivity index (χ3v) is 2.22. The molecule has 1 nitrogen and oxygen atoms in total. The highest BCUT2D eigenvalue weighted by Crippen LogP contribution is 2.24. The lowest BCUT2D eigenvalue weighted by Crippen LogP contribution is -1.93. The maximum Gasteiger partial charge on any atom is 0.280 e. The van der Waals surface area contributed by atoms with Gasteiger partial charge in [0.2, 0.25) is 0 Å². The van der Waals surface area contributed by atoms with E-state index in [0.29, 0.717) is 16.5 Å². The predicted molar refractivity (Wildman–Crippen MR) is 51.4 cm³/mol. The van der Waals surface area contributed by atoms with Gasteiger partial charge in [-0.1, -0.05) is 0 Å². The van der Waals surface area contributed by atoms with Crippen molar-refractivity contribution in [2.45, 2.75) is 13.3 Å². The molecule has 0 N–H and O–H groups in total. The monoisotopic (exact) mass is 211 g/mol. The Morgan fingerprint density at radius 3 is 2.60 bits per heavy atom. The zero-order chi connectivity index (χ0) is 11.0. The second-order valence-electron chi connectivity index (χ2n) is 3.33. The number of benzene rings is 1. The minimum Gasteiger partial charge on any atom is -0.247 e. The van der Waals surface area contributed by atoms with E-state index in [4.69, 9.17) is 0 Å². The molecule has 1 aromatic carbocycles. The average molecular weight is 211 g/mol. The molecule has 2 rings (SSSR count). The van der Waals surface area contributed by atoms with Crippen molar-refractivity contribution in [1.82, 2.24) is 4.98 Å². The van der Waals surface area contributed by atoms with Crippen LogP contribution in [0.25, 0.3) is 10.9 Å². The number of hydrogen-bond acceptors (Lipinski definition) is 1. The number of pyridine rings is 1. The van der Waals surface area contributed by atoms with E-state index < -0.39 is 12.2 Å². The van der Waals surface area contributed by atoms with Gasteiger partial charge in [0.25, 0.3) is 6.43 Å². The van der Waals surface area contributed by atoms with E-state index in [1.54, 1.807) is 6.92 Å². The van der Waals surface area contributed by atoms with Crippen LogP contribution in [0.15, 0.2) is 24.3 Å². The van der Waals surface area contributed by atoms with Gasteiger partial charge in [-0.25, -0.2) is 18.2 Å². The zero-order valence-corrected chi connectivity index (χ0v) is 7.97. The van der Waals surface area contributed by atoms with E-state index in [9.17, 15) is 13.2 Å². The molecule has 0 amide bonds. The smallest absolute Gasteiger partial charge is 0.247 e. The van der Waals surface area contributed by atoms with E-state index in [0.717, 1.165) is 0 Å². The summed E-state index contributed by atoms with van der Waals surface area (Å²) in [7, 11) is 0. The van der Waals surface area contributed by atoms with Crippen molar-refractivity contribution >= 4 is 10.9 Å². The van der Waals surface area contributed by atoms with E-state index in [1.807, 2.05) is 0 Å². The lowest BCUT2D eigenvalue weighted by atomic mass is 10.1. The quantitative estimate of drug-likeness (QED) is 0.702. The summed E-state index contributed by atoms with van der Waals surface area (Å²) in [6.07, 6.45) is -2.60. The summed E-state index contributed by atoms with van der Waals surface area (Å²) in [5.74, 6) is -0.391. The van der Waals surface area contributed by atoms with Crippen LogP contribution in [0.2, 0.25) is 0 Å². The maximum absolute atomic E-state index is 12.9. The Hall–Kier alpha value is -1.58. The van der Waals surface area contributed by atoms with Gasteiger partial charge < -0.3 is 0 Å². The van der Waals surface area contributed by atoms with Crippen molar-refractivity contribution in [2.24, 2.45) is 0 Å². The topological polar surface area (TPSA) is 12.9 Å². The number of nitrogens with zero attached hydrogens (tertiary/aromatic N) is 1. The molecule has 0 spiro atoms. The van der Waals surface area contributed by atoms with Gasteiger partial charge in [0.15, 0.2) is 0 Å². The third-order valence-electron chi connectivity index (χ3n) is 2.22. The van der Waals surface area contributed by atoms with Crippen molar-refractivity contribution in [3.8, 4) is 0 Å². The van der Waals surface area contributed by atoms with Crippen LogP contribution < -0.4 is 0 Å². The fourth-order valence-electron chi connectivity index (χ4n) is 1.50. The standard InChI is InChI=1S/C11H8F3N/c1-6-4-10(11(13)14)15-9-3-2-7(12)5-8(6)9/h2-5,11H,1H3. The molecule has 4 heteroatoms. The van der Waals surface area contributed by atoms with Gasteiger partial charge in [-0.2, -0.15) is 0 Å². The summed E-state index contributed by atoms with van der Waals surface area (Å²) in [5, 5.41) is 0.569. The van der Waals surface area contributed by atoms with Gasteiger partial charge in [0.05, 0.1) is 5.52 Å². The van der Waals surface area contributed by atoms with Crippen molar-refractivity contribution in [1.29, 1.82) is 0 Å². The van der Waals surface area contributed by atoms with Crippen LogP contribution in [0.5, 0.6) is 0 Å². The highest BCUT2D eigenvalue weighted by Gasteiger charge is 2.11. The van der Waals surface area contributed by atoms with E-state index in [1.165, 1.54) is 24.3 Å². The number of aryl methyl sites for hydroxylation is 1. The Morgan fingerprint density at radius 2 is 1.93 bits per heavy atom. The molecule has 0 unspecified atom stereocenters. The molecular weight excluding hydrogens is 203 g/mol. The van der Waals surface area contributed by atoms with Crippen LogP contribution in [0, 0.1) is 12.7 Å². The first-order valence-electron chi connectivity index (χ1n) is 4.43. The van der Waals surface area contributed by atoms with Gasteiger partial charge in [0, 0.05) is 5.39 Å². The first-order chi connectivity index (χ1) is 7.08. The molecule has 0 bridgehead atoms. The number of rotatable bonds is 1. The van der Waals surface area contributed by atoms with Crippen LogP contribution in [-0.2, 0) is 0 Å². The molecule has 0 atom stereocenters. The Bertz CT molecular complexity index is 508. The van der Waals surface area contributed by atoms with E-state index in [2.05, 4.69) is 4.98 Å². The van der Waals surface area contributed by atoms with Gasteiger partial charge in [-0.05, 0) is 36.8 Å². The van der Waals surface area contributed by atoms with E-state index >= 15 is 0 Å². The molecule has 0 aliphatic heterocycles. The Labute approximate surface area is 84.6 Å². The molecular formula is C11H8F3N. The average Bonchev–Trinajstić information content (AvgIpc) is 2.18. The van der Waals surface area contributed by atoms with Gasteiger partial charge in [0.1, 0.15) is 11.5 Å². The Morgan fingerprint density at radius 1 is 1.20 bits per heavy atom. The van der Waals surface area contributed by atoms with Crippen molar-refractivity contribution in [3.63, 3.8) is 0 Å². The van der Waals surface area contributed by atoms with E-state index in [-0.39, 0.29) is 5.69 Å². The summed E-state index contributed by atoms with van der Waals surface area (Å²) >= 11 is 0. The maximum atomic E-state index is 12.9. The fourth-order valence-corrected chi connectivity index (χ4v) is 1.50. The molecule has 0 aliphatic rings. The van der Waals surface area contributed by atoms with Crippen LogP contribution in [0.4, 0.5) is 13.2 Å². The van der Waals surface area contributed by atoms with Gasteiger partial charge >= 0.3 is 0 Å². The lowest BCUT2D eigenvalue weighted by molar-refractivity contribution is 0.146. The van der Waals surface area contributed by atoms with Crippen molar-refractivity contribution in [3.05, 3.63) is 41.3 Å². The summed E-state index contributed by atoms with van der Waals surface area (Å²) in [4.78, 5) is 3.76. The molecule has 0 fully saturated rings. The second kappa shape index (κ2) is 3.53. The molecule has 0 radical (unpaired) electrons. The fraction of sp³-hybridized carbons (Fsp3) is 0.182. The Balaban J connectivity index is 2.73. The first kappa shape index (κ1) is 9.96. The number of alkyl halides is 2. The van der Waals surface area contributed by atoms with Gasteiger partial charge in [-0.15, -0.1) is 0 Å². The predicted octanol–water partition coefficient (Wildman–Crippen LogP) is 3.62. The van der Waals surface area contributed by atoms with Crippen molar-refractivity contribution < 1.29 is 13.2 Å². The molecule has 0 saturated heterocycles. The van der Waals surface area contributed by atoms with Crippen LogP contribution in [-0.4, -0.2) is 4.98 Å². The largest absolute Gasteiger partial charge is 0.280 e. The minimum absolute atomic E-state index is 0.272. The zero-order valence-electron chi connectivity index (χ0n) is 7.97. The summed E-state index contributed by atoms with van der Waals surface area (Å²) < 4.78 is 37.7. The van der Waals surface area contributed by atoms with Crippen LogP contribution >= 0.6 is 0 Å². The molecule has 0 aliphatic carbocycles. The minimum atomic E-state index is -2.60. The van der Waals surface area contributed by atoms with Crippen LogP contribution in [0.3, 0.4) is 0 Å². The number of halogens is 3. The molecule has 1 heterocycles. The van der Waals surface area contributed by atoms with Crippen molar-refractivity contribution in [2.75, 3.05) is 0 Å². The Kier molecular flexibility index (Phi) is 2.34.